The van der Waals surface area contributed by atoms with Crippen LogP contribution in [0.5, 0.6) is 0 Å². The Morgan fingerprint density at radius 3 is 2.73 bits per heavy atom. The number of thioether (sulfide) groups is 1. The zero-order valence-corrected chi connectivity index (χ0v) is 15.8. The van der Waals surface area contributed by atoms with Crippen molar-refractivity contribution in [3.63, 3.8) is 0 Å². The molecule has 2 unspecified atom stereocenters. The van der Waals surface area contributed by atoms with Crippen molar-refractivity contribution in [2.24, 2.45) is 5.73 Å². The molecule has 2 rings (SSSR count). The normalized spacial score (nSPS) is 24.9. The van der Waals surface area contributed by atoms with Crippen LogP contribution in [0.25, 0.3) is 0 Å². The van der Waals surface area contributed by atoms with Gasteiger partial charge in [0.05, 0.1) is 13.2 Å². The minimum absolute atomic E-state index is 0.0699. The van der Waals surface area contributed by atoms with Gasteiger partial charge in [-0.25, -0.2) is 13.9 Å². The van der Waals surface area contributed by atoms with Gasteiger partial charge in [0.1, 0.15) is 17.5 Å². The van der Waals surface area contributed by atoms with Crippen molar-refractivity contribution in [1.29, 1.82) is 0 Å². The first kappa shape index (κ1) is 21.5. The van der Waals surface area contributed by atoms with Crippen LogP contribution in [0.4, 0.5) is 5.82 Å². The van der Waals surface area contributed by atoms with E-state index in [-0.39, 0.29) is 19.0 Å². The Hall–Kier alpha value is -0.790. The molecule has 26 heavy (non-hydrogen) atoms. The average Bonchev–Trinajstić information content (AvgIpc) is 2.99. The maximum atomic E-state index is 11.8. The molecule has 1 aliphatic heterocycles. The number of hydrogen-bond donors (Lipinski definition) is 4. The maximum absolute atomic E-state index is 11.8. The summed E-state index contributed by atoms with van der Waals surface area (Å²) < 4.78 is 43.0. The van der Waals surface area contributed by atoms with Crippen LogP contribution in [0.3, 0.4) is 0 Å². The van der Waals surface area contributed by atoms with Crippen LogP contribution in [0.2, 0.25) is 0 Å². The maximum Gasteiger partial charge on any atom is 0.481 e. The molecule has 1 aliphatic rings. The second-order valence-electron chi connectivity index (χ2n) is 4.83. The zero-order chi connectivity index (χ0) is 19.4. The van der Waals surface area contributed by atoms with Crippen molar-refractivity contribution in [3.05, 3.63) is 22.7 Å². The SMILES string of the molecule is NCCOP(=O)(O)OP(=O)(O)OC[C@@H]1O[C@H](n2ccc(N)nc2=O)CS1. The molecule has 148 valence electrons. The Morgan fingerprint density at radius 1 is 1.38 bits per heavy atom. The first-order chi connectivity index (χ1) is 12.1. The number of nitrogens with zero attached hydrogens (tertiary/aromatic N) is 2. The number of anilines is 1. The summed E-state index contributed by atoms with van der Waals surface area (Å²) in [7, 11) is -9.68. The summed E-state index contributed by atoms with van der Waals surface area (Å²) in [5.41, 5.74) is 9.17. The Morgan fingerprint density at radius 2 is 2.08 bits per heavy atom. The number of hydrogen-bond acceptors (Lipinski definition) is 11. The lowest BCUT2D eigenvalue weighted by Gasteiger charge is -2.18. The zero-order valence-electron chi connectivity index (χ0n) is 13.2. The predicted octanol–water partition coefficient (Wildman–Crippen LogP) is -0.377. The summed E-state index contributed by atoms with van der Waals surface area (Å²) in [6, 6.07) is 1.43. The van der Waals surface area contributed by atoms with Crippen molar-refractivity contribution in [1.82, 2.24) is 9.55 Å². The number of phosphoric ester groups is 2. The van der Waals surface area contributed by atoms with Gasteiger partial charge in [-0.2, -0.15) is 9.29 Å². The number of rotatable bonds is 9. The van der Waals surface area contributed by atoms with Crippen LogP contribution < -0.4 is 17.2 Å². The van der Waals surface area contributed by atoms with E-state index in [1.807, 2.05) is 0 Å². The van der Waals surface area contributed by atoms with E-state index in [0.29, 0.717) is 5.75 Å². The van der Waals surface area contributed by atoms with E-state index in [0.717, 1.165) is 0 Å². The summed E-state index contributed by atoms with van der Waals surface area (Å²) in [4.78, 5) is 34.1. The van der Waals surface area contributed by atoms with Crippen LogP contribution in [0.1, 0.15) is 6.23 Å². The van der Waals surface area contributed by atoms with Crippen LogP contribution >= 0.6 is 27.4 Å². The van der Waals surface area contributed by atoms with Crippen molar-refractivity contribution >= 4 is 33.2 Å². The number of nitrogen functional groups attached to an aromatic ring is 1. The third-order valence-electron chi connectivity index (χ3n) is 2.85. The standard InChI is InChI=1S/C10H18N4O9P2S/c11-2-4-20-24(16,17)23-25(18,19)21-5-9-22-8(6-26-9)14-3-1-7(12)13-10(14)15/h1,3,8-9H,2,4-6,11H2,(H,16,17)(H,18,19)(H2,12,13,15)/t8-,9+/m0/s1. The minimum atomic E-state index is -4.88. The Kier molecular flexibility index (Phi) is 7.39. The van der Waals surface area contributed by atoms with Gasteiger partial charge in [-0.15, -0.1) is 11.8 Å². The predicted molar refractivity (Wildman–Crippen MR) is 91.0 cm³/mol. The molecule has 1 aromatic heterocycles. The van der Waals surface area contributed by atoms with Crippen molar-refractivity contribution in [2.75, 3.05) is 31.2 Å². The molecule has 1 saturated heterocycles. The summed E-state index contributed by atoms with van der Waals surface area (Å²) >= 11 is 1.20. The fourth-order valence-corrected chi connectivity index (χ4v) is 4.99. The van der Waals surface area contributed by atoms with Gasteiger partial charge < -0.3 is 26.0 Å². The molecule has 13 nitrogen and oxygen atoms in total. The average molecular weight is 432 g/mol. The molecular formula is C10H18N4O9P2S. The summed E-state index contributed by atoms with van der Waals surface area (Å²) in [5, 5.41) is 0. The summed E-state index contributed by atoms with van der Waals surface area (Å²) in [6.45, 7) is -0.873. The van der Waals surface area contributed by atoms with Gasteiger partial charge in [0.15, 0.2) is 0 Å². The van der Waals surface area contributed by atoms with E-state index in [2.05, 4.69) is 18.3 Å². The molecule has 0 aromatic carbocycles. The topological polar surface area (TPSA) is 198 Å². The highest BCUT2D eigenvalue weighted by Crippen LogP contribution is 2.60. The number of ether oxygens (including phenoxy) is 1. The Labute approximate surface area is 151 Å². The second kappa shape index (κ2) is 8.93. The van der Waals surface area contributed by atoms with Crippen molar-refractivity contribution < 1.29 is 37.0 Å². The molecule has 0 bridgehead atoms. The fourth-order valence-electron chi connectivity index (χ4n) is 1.82. The molecular weight excluding hydrogens is 414 g/mol. The Bertz CT molecular complexity index is 777. The van der Waals surface area contributed by atoms with E-state index in [1.165, 1.54) is 28.6 Å². The lowest BCUT2D eigenvalue weighted by atomic mass is 10.5. The van der Waals surface area contributed by atoms with Crippen LogP contribution in [0, 0.1) is 0 Å². The highest BCUT2D eigenvalue weighted by atomic mass is 32.2. The van der Waals surface area contributed by atoms with Crippen LogP contribution in [0.15, 0.2) is 17.1 Å². The van der Waals surface area contributed by atoms with Gasteiger partial charge in [0, 0.05) is 18.5 Å². The molecule has 1 fully saturated rings. The lowest BCUT2D eigenvalue weighted by Crippen LogP contribution is -2.28. The smallest absolute Gasteiger partial charge is 0.383 e. The molecule has 4 atom stereocenters. The van der Waals surface area contributed by atoms with Crippen molar-refractivity contribution in [3.8, 4) is 0 Å². The van der Waals surface area contributed by atoms with Crippen LogP contribution in [-0.2, 0) is 27.2 Å². The van der Waals surface area contributed by atoms with Gasteiger partial charge >= 0.3 is 21.3 Å². The highest BCUT2D eigenvalue weighted by Gasteiger charge is 2.37. The molecule has 6 N–H and O–H groups in total. The molecule has 0 amide bonds. The Balaban J connectivity index is 1.87. The highest BCUT2D eigenvalue weighted by molar-refractivity contribution is 8.00. The number of nitrogens with two attached hydrogens (primary N) is 2. The van der Waals surface area contributed by atoms with Gasteiger partial charge in [0.25, 0.3) is 0 Å². The second-order valence-corrected chi connectivity index (χ2v) is 9.07. The molecule has 1 aromatic rings. The van der Waals surface area contributed by atoms with Crippen LogP contribution in [-0.4, -0.2) is 50.3 Å². The largest absolute Gasteiger partial charge is 0.481 e. The summed E-state index contributed by atoms with van der Waals surface area (Å²) in [5.74, 6) is 0.411. The molecule has 0 aliphatic carbocycles. The van der Waals surface area contributed by atoms with E-state index >= 15 is 0 Å². The number of phosphoric acid groups is 2. The molecule has 0 radical (unpaired) electrons. The molecule has 0 saturated carbocycles. The molecule has 0 spiro atoms. The van der Waals surface area contributed by atoms with Gasteiger partial charge in [-0.1, -0.05) is 0 Å². The quantitative estimate of drug-likeness (QED) is 0.369. The first-order valence-corrected chi connectivity index (χ1v) is 11.1. The monoisotopic (exact) mass is 432 g/mol. The lowest BCUT2D eigenvalue weighted by molar-refractivity contribution is -0.00663. The van der Waals surface area contributed by atoms with Gasteiger partial charge in [0.2, 0.25) is 0 Å². The minimum Gasteiger partial charge on any atom is -0.383 e. The fraction of sp³-hybridized carbons (Fsp3) is 0.600. The third-order valence-corrected chi connectivity index (χ3v) is 6.58. The van der Waals surface area contributed by atoms with E-state index in [4.69, 9.17) is 16.2 Å². The first-order valence-electron chi connectivity index (χ1n) is 7.10. The summed E-state index contributed by atoms with van der Waals surface area (Å²) in [6.07, 6.45) is 0.737. The molecule has 2 heterocycles. The number of aromatic nitrogens is 2. The third kappa shape index (κ3) is 6.43. The molecule has 16 heteroatoms. The van der Waals surface area contributed by atoms with Crippen molar-refractivity contribution in [2.45, 2.75) is 11.7 Å². The van der Waals surface area contributed by atoms with E-state index < -0.39 is 39.6 Å². The van der Waals surface area contributed by atoms with E-state index in [1.54, 1.807) is 0 Å². The van der Waals surface area contributed by atoms with E-state index in [9.17, 15) is 23.7 Å². The van der Waals surface area contributed by atoms with Gasteiger partial charge in [-0.3, -0.25) is 13.6 Å². The van der Waals surface area contributed by atoms with Gasteiger partial charge in [-0.05, 0) is 6.07 Å².